The number of halogens is 1. The van der Waals surface area contributed by atoms with Crippen LogP contribution < -0.4 is 5.56 Å². The van der Waals surface area contributed by atoms with Crippen molar-refractivity contribution in [2.75, 3.05) is 0 Å². The first-order valence-electron chi connectivity index (χ1n) is 7.06. The summed E-state index contributed by atoms with van der Waals surface area (Å²) in [7, 11) is 0. The smallest absolute Gasteiger partial charge is 0.266 e. The minimum atomic E-state index is -0.162. The van der Waals surface area contributed by atoms with Crippen LogP contribution in [0.5, 0.6) is 0 Å². The number of aromatic nitrogens is 5. The molecule has 0 aliphatic carbocycles. The fourth-order valence-electron chi connectivity index (χ4n) is 2.72. The van der Waals surface area contributed by atoms with Gasteiger partial charge in [-0.05, 0) is 38.1 Å². The maximum absolute atomic E-state index is 12.9. The molecule has 0 bridgehead atoms. The van der Waals surface area contributed by atoms with E-state index < -0.39 is 0 Å². The second-order valence-corrected chi connectivity index (χ2v) is 5.74. The number of hydrogen-bond donors (Lipinski definition) is 0. The van der Waals surface area contributed by atoms with Crippen molar-refractivity contribution >= 4 is 28.3 Å². The molecule has 6 nitrogen and oxygen atoms in total. The number of nitrogens with zero attached hydrogens (tertiary/aromatic N) is 5. The predicted molar refractivity (Wildman–Crippen MR) is 88.4 cm³/mol. The zero-order chi connectivity index (χ0) is 16.1. The fourth-order valence-corrected chi connectivity index (χ4v) is 2.90. The summed E-state index contributed by atoms with van der Waals surface area (Å²) in [5.74, 6) is 1.11. The molecule has 3 aromatic heterocycles. The number of hydrogen-bond acceptors (Lipinski definition) is 4. The molecule has 4 aromatic rings. The van der Waals surface area contributed by atoms with Crippen LogP contribution in [0.4, 0.5) is 0 Å². The average Bonchev–Trinajstić information content (AvgIpc) is 2.87. The largest absolute Gasteiger partial charge is 0.284 e. The van der Waals surface area contributed by atoms with E-state index in [2.05, 4.69) is 15.1 Å². The minimum Gasteiger partial charge on any atom is -0.284 e. The molecule has 3 heterocycles. The Morgan fingerprint density at radius 3 is 2.74 bits per heavy atom. The minimum absolute atomic E-state index is 0.162. The summed E-state index contributed by atoms with van der Waals surface area (Å²) < 4.78 is 3.15. The first-order valence-corrected chi connectivity index (χ1v) is 7.44. The van der Waals surface area contributed by atoms with Gasteiger partial charge in [0, 0.05) is 11.2 Å². The highest BCUT2D eigenvalue weighted by molar-refractivity contribution is 6.30. The summed E-state index contributed by atoms with van der Waals surface area (Å²) in [4.78, 5) is 21.6. The van der Waals surface area contributed by atoms with Gasteiger partial charge in [-0.3, -0.25) is 9.36 Å². The van der Waals surface area contributed by atoms with Crippen LogP contribution in [-0.2, 0) is 0 Å². The fraction of sp³-hybridized carbons (Fsp3) is 0.125. The van der Waals surface area contributed by atoms with E-state index in [1.54, 1.807) is 41.3 Å². The second kappa shape index (κ2) is 4.89. The summed E-state index contributed by atoms with van der Waals surface area (Å²) in [5.41, 5.74) is 1.86. The quantitative estimate of drug-likeness (QED) is 0.539. The highest BCUT2D eigenvalue weighted by atomic mass is 35.5. The number of pyridine rings is 1. The Bertz CT molecular complexity index is 1130. The van der Waals surface area contributed by atoms with Gasteiger partial charge in [0.25, 0.3) is 11.3 Å². The molecular weight excluding hydrogens is 314 g/mol. The number of fused-ring (bicyclic) bond motifs is 3. The van der Waals surface area contributed by atoms with Gasteiger partial charge in [-0.2, -0.15) is 9.50 Å². The van der Waals surface area contributed by atoms with Crippen molar-refractivity contribution in [3.05, 3.63) is 63.4 Å². The number of rotatable bonds is 1. The van der Waals surface area contributed by atoms with E-state index in [1.807, 2.05) is 18.2 Å². The van der Waals surface area contributed by atoms with Gasteiger partial charge in [0.15, 0.2) is 0 Å². The van der Waals surface area contributed by atoms with Gasteiger partial charge in [-0.15, -0.1) is 5.10 Å². The van der Waals surface area contributed by atoms with Gasteiger partial charge in [-0.1, -0.05) is 17.7 Å². The monoisotopic (exact) mass is 325 g/mol. The zero-order valence-electron chi connectivity index (χ0n) is 12.5. The lowest BCUT2D eigenvalue weighted by Gasteiger charge is -2.09. The van der Waals surface area contributed by atoms with Gasteiger partial charge < -0.3 is 0 Å². The van der Waals surface area contributed by atoms with Crippen LogP contribution in [0.25, 0.3) is 22.4 Å². The summed E-state index contributed by atoms with van der Waals surface area (Å²) in [6.07, 6.45) is 1.71. The molecule has 0 fully saturated rings. The Labute approximate surface area is 136 Å². The van der Waals surface area contributed by atoms with Gasteiger partial charge in [0.05, 0.1) is 22.3 Å². The number of benzene rings is 1. The SMILES string of the molecule is Cc1nc2nc(C)c3c(=O)n(-c4cccc(Cl)c4)ccc3n2n1. The van der Waals surface area contributed by atoms with Crippen molar-refractivity contribution in [1.29, 1.82) is 0 Å². The molecule has 7 heteroatoms. The first-order chi connectivity index (χ1) is 11.0. The first kappa shape index (κ1) is 13.9. The van der Waals surface area contributed by atoms with Crippen LogP contribution in [0.1, 0.15) is 11.5 Å². The third kappa shape index (κ3) is 2.10. The molecule has 0 N–H and O–H groups in total. The molecule has 0 spiro atoms. The maximum atomic E-state index is 12.9. The summed E-state index contributed by atoms with van der Waals surface area (Å²) in [6.45, 7) is 3.60. The normalized spacial score (nSPS) is 11.4. The van der Waals surface area contributed by atoms with Gasteiger partial charge >= 0.3 is 0 Å². The molecule has 1 aromatic carbocycles. The molecule has 0 atom stereocenters. The third-order valence-electron chi connectivity index (χ3n) is 3.71. The van der Waals surface area contributed by atoms with Gasteiger partial charge in [-0.25, -0.2) is 4.98 Å². The highest BCUT2D eigenvalue weighted by Gasteiger charge is 2.14. The molecular formula is C16H12ClN5O. The molecule has 0 amide bonds. The average molecular weight is 326 g/mol. The van der Waals surface area contributed by atoms with Crippen LogP contribution >= 0.6 is 11.6 Å². The second-order valence-electron chi connectivity index (χ2n) is 5.30. The van der Waals surface area contributed by atoms with Crippen LogP contribution in [0.15, 0.2) is 41.3 Å². The van der Waals surface area contributed by atoms with Crippen LogP contribution in [0.3, 0.4) is 0 Å². The highest BCUT2D eigenvalue weighted by Crippen LogP contribution is 2.18. The molecule has 114 valence electrons. The predicted octanol–water partition coefficient (Wildman–Crippen LogP) is 2.70. The van der Waals surface area contributed by atoms with E-state index in [-0.39, 0.29) is 5.56 Å². The van der Waals surface area contributed by atoms with Crippen LogP contribution in [0.2, 0.25) is 5.02 Å². The van der Waals surface area contributed by atoms with Crippen molar-refractivity contribution in [3.8, 4) is 5.69 Å². The lowest BCUT2D eigenvalue weighted by atomic mass is 10.2. The van der Waals surface area contributed by atoms with Crippen molar-refractivity contribution in [3.63, 3.8) is 0 Å². The van der Waals surface area contributed by atoms with E-state index >= 15 is 0 Å². The van der Waals surface area contributed by atoms with Crippen molar-refractivity contribution in [2.45, 2.75) is 13.8 Å². The zero-order valence-corrected chi connectivity index (χ0v) is 13.2. The Hall–Kier alpha value is -2.73. The Morgan fingerprint density at radius 2 is 1.96 bits per heavy atom. The van der Waals surface area contributed by atoms with E-state index in [0.717, 1.165) is 0 Å². The van der Waals surface area contributed by atoms with E-state index in [1.165, 1.54) is 0 Å². The third-order valence-corrected chi connectivity index (χ3v) is 3.95. The Morgan fingerprint density at radius 1 is 1.13 bits per heavy atom. The summed E-state index contributed by atoms with van der Waals surface area (Å²) in [5, 5.41) is 5.41. The molecule has 0 aliphatic heterocycles. The molecule has 0 saturated heterocycles. The molecule has 4 rings (SSSR count). The van der Waals surface area contributed by atoms with E-state index in [4.69, 9.17) is 11.6 Å². The van der Waals surface area contributed by atoms with E-state index in [0.29, 0.717) is 38.9 Å². The molecule has 0 aliphatic rings. The Kier molecular flexibility index (Phi) is 2.96. The molecule has 23 heavy (non-hydrogen) atoms. The lowest BCUT2D eigenvalue weighted by molar-refractivity contribution is 0.933. The molecule has 0 unspecified atom stereocenters. The van der Waals surface area contributed by atoms with Crippen LogP contribution in [0, 0.1) is 13.8 Å². The van der Waals surface area contributed by atoms with Gasteiger partial charge in [0.2, 0.25) is 0 Å². The standard InChI is InChI=1S/C16H12ClN5O/c1-9-14-13(22-16(18-9)19-10(2)20-22)6-7-21(15(14)23)12-5-3-4-11(17)8-12/h3-8H,1-2H3. The van der Waals surface area contributed by atoms with E-state index in [9.17, 15) is 4.79 Å². The molecule has 0 saturated carbocycles. The number of aryl methyl sites for hydroxylation is 2. The van der Waals surface area contributed by atoms with Gasteiger partial charge in [0.1, 0.15) is 5.82 Å². The lowest BCUT2D eigenvalue weighted by Crippen LogP contribution is -2.20. The van der Waals surface area contributed by atoms with Crippen molar-refractivity contribution in [2.24, 2.45) is 0 Å². The topological polar surface area (TPSA) is 65.1 Å². The maximum Gasteiger partial charge on any atom is 0.266 e. The molecule has 0 radical (unpaired) electrons. The summed E-state index contributed by atoms with van der Waals surface area (Å²) >= 11 is 6.03. The Balaban J connectivity index is 2.11. The van der Waals surface area contributed by atoms with Crippen molar-refractivity contribution < 1.29 is 0 Å². The van der Waals surface area contributed by atoms with Crippen LogP contribution in [-0.4, -0.2) is 24.1 Å². The van der Waals surface area contributed by atoms with Crippen molar-refractivity contribution in [1.82, 2.24) is 24.1 Å². The summed E-state index contributed by atoms with van der Waals surface area (Å²) in [6, 6.07) is 9.00.